The van der Waals surface area contributed by atoms with E-state index < -0.39 is 15.9 Å². The van der Waals surface area contributed by atoms with E-state index in [1.807, 2.05) is 18.2 Å². The van der Waals surface area contributed by atoms with Crippen LogP contribution in [0.15, 0.2) is 18.2 Å². The van der Waals surface area contributed by atoms with Crippen LogP contribution in [-0.2, 0) is 24.3 Å². The second kappa shape index (κ2) is 9.36. The van der Waals surface area contributed by atoms with Crippen LogP contribution in [0.5, 0.6) is 0 Å². The van der Waals surface area contributed by atoms with Crippen molar-refractivity contribution in [2.45, 2.75) is 43.7 Å². The third-order valence-corrected chi connectivity index (χ3v) is 8.77. The highest BCUT2D eigenvalue weighted by atomic mass is 32.2. The molecule has 0 aromatic heterocycles. The quantitative estimate of drug-likeness (QED) is 0.356. The standard InChI is InChI=1S/C23H35N7O5S/c1-28-23(32)20-17(10-19(25-21(20)27-28)26-22(31)13-5-6-13)24-16-8-7-14(30-11-15(12-30)35-3)9-18(16)29(2)36(4,33)34/h7-9,13,15,17,19-21,24-25,27H,5-6,10-12H2,1-4H3,(H,26,31). The molecule has 4 fully saturated rings. The highest BCUT2D eigenvalue weighted by Gasteiger charge is 2.49. The largest absolute Gasteiger partial charge is 0.380 e. The van der Waals surface area contributed by atoms with E-state index in [1.54, 1.807) is 14.2 Å². The number of nitrogens with one attached hydrogen (secondary N) is 4. The summed E-state index contributed by atoms with van der Waals surface area (Å²) in [7, 11) is 1.34. The predicted molar refractivity (Wildman–Crippen MR) is 136 cm³/mol. The van der Waals surface area contributed by atoms with Crippen LogP contribution in [0.4, 0.5) is 17.1 Å². The van der Waals surface area contributed by atoms with E-state index in [0.717, 1.165) is 37.9 Å². The van der Waals surface area contributed by atoms with Gasteiger partial charge in [0.05, 0.1) is 42.0 Å². The molecule has 0 radical (unpaired) electrons. The number of anilines is 3. The van der Waals surface area contributed by atoms with E-state index in [1.165, 1.54) is 16.4 Å². The molecule has 1 saturated carbocycles. The molecule has 4 atom stereocenters. The van der Waals surface area contributed by atoms with E-state index in [-0.39, 0.29) is 42.2 Å². The van der Waals surface area contributed by atoms with Crippen LogP contribution in [0.3, 0.4) is 0 Å². The van der Waals surface area contributed by atoms with Gasteiger partial charge in [-0.05, 0) is 31.0 Å². The van der Waals surface area contributed by atoms with Crippen LogP contribution < -0.4 is 30.6 Å². The van der Waals surface area contributed by atoms with Crippen LogP contribution in [0.1, 0.15) is 19.3 Å². The lowest BCUT2D eigenvalue weighted by Gasteiger charge is -2.41. The zero-order valence-corrected chi connectivity index (χ0v) is 21.8. The number of hydrazine groups is 1. The first-order valence-electron chi connectivity index (χ1n) is 12.3. The summed E-state index contributed by atoms with van der Waals surface area (Å²) in [5, 5.41) is 11.3. The molecule has 3 heterocycles. The first kappa shape index (κ1) is 25.1. The van der Waals surface area contributed by atoms with E-state index in [0.29, 0.717) is 17.8 Å². The van der Waals surface area contributed by atoms with Crippen molar-refractivity contribution in [3.05, 3.63) is 18.2 Å². The topological polar surface area (TPSA) is 135 Å². The van der Waals surface area contributed by atoms with Crippen molar-refractivity contribution in [2.75, 3.05) is 55.1 Å². The fourth-order valence-electron chi connectivity index (χ4n) is 5.11. The number of hydrogen-bond acceptors (Lipinski definition) is 9. The number of benzene rings is 1. The van der Waals surface area contributed by atoms with E-state index in [4.69, 9.17) is 4.74 Å². The number of carbonyl (C=O) groups is 2. The van der Waals surface area contributed by atoms with Gasteiger partial charge in [0.25, 0.3) is 0 Å². The molecule has 13 heteroatoms. The Kier molecular flexibility index (Phi) is 6.52. The number of piperidine rings is 1. The molecule has 3 saturated heterocycles. The van der Waals surface area contributed by atoms with Crippen LogP contribution in [0.25, 0.3) is 0 Å². The number of ether oxygens (including phenoxy) is 1. The Morgan fingerprint density at radius 2 is 1.97 bits per heavy atom. The molecule has 1 aromatic rings. The van der Waals surface area contributed by atoms with Crippen LogP contribution in [-0.4, -0.2) is 90.3 Å². The molecule has 3 aliphatic heterocycles. The number of methoxy groups -OCH3 is 1. The first-order valence-corrected chi connectivity index (χ1v) is 14.1. The summed E-state index contributed by atoms with van der Waals surface area (Å²) in [6, 6.07) is 5.31. The summed E-state index contributed by atoms with van der Waals surface area (Å²) in [6.45, 7) is 1.47. The summed E-state index contributed by atoms with van der Waals surface area (Å²) >= 11 is 0. The first-order chi connectivity index (χ1) is 17.0. The van der Waals surface area contributed by atoms with Crippen LogP contribution in [0.2, 0.25) is 0 Å². The van der Waals surface area contributed by atoms with E-state index in [2.05, 4.69) is 26.3 Å². The van der Waals surface area contributed by atoms with Gasteiger partial charge in [0.1, 0.15) is 0 Å². The van der Waals surface area contributed by atoms with Crippen molar-refractivity contribution in [3.63, 3.8) is 0 Å². The van der Waals surface area contributed by atoms with Crippen molar-refractivity contribution in [1.29, 1.82) is 0 Å². The van der Waals surface area contributed by atoms with Gasteiger partial charge in [-0.2, -0.15) is 0 Å². The zero-order valence-electron chi connectivity index (χ0n) is 21.0. The van der Waals surface area contributed by atoms with E-state index in [9.17, 15) is 18.0 Å². The third kappa shape index (κ3) is 4.84. The lowest BCUT2D eigenvalue weighted by Crippen LogP contribution is -2.63. The Hall–Kier alpha value is -2.61. The van der Waals surface area contributed by atoms with Crippen LogP contribution in [0, 0.1) is 11.8 Å². The van der Waals surface area contributed by atoms with Gasteiger partial charge in [-0.15, -0.1) is 0 Å². The Morgan fingerprint density at radius 3 is 2.61 bits per heavy atom. The second-order valence-corrected chi connectivity index (χ2v) is 12.2. The van der Waals surface area contributed by atoms with Gasteiger partial charge >= 0.3 is 0 Å². The molecule has 4 N–H and O–H groups in total. The molecular formula is C23H35N7O5S. The van der Waals surface area contributed by atoms with Crippen molar-refractivity contribution in [2.24, 2.45) is 11.8 Å². The Balaban J connectivity index is 1.42. The summed E-state index contributed by atoms with van der Waals surface area (Å²) in [5.41, 5.74) is 5.14. The van der Waals surface area contributed by atoms with Crippen molar-refractivity contribution >= 4 is 38.9 Å². The molecule has 0 spiro atoms. The van der Waals surface area contributed by atoms with Gasteiger partial charge in [-0.1, -0.05) is 0 Å². The highest BCUT2D eigenvalue weighted by molar-refractivity contribution is 7.92. The number of nitrogens with zero attached hydrogens (tertiary/aromatic N) is 3. The van der Waals surface area contributed by atoms with Gasteiger partial charge in [0.15, 0.2) is 0 Å². The molecule has 5 rings (SSSR count). The lowest BCUT2D eigenvalue weighted by molar-refractivity contribution is -0.131. The summed E-state index contributed by atoms with van der Waals surface area (Å²) in [4.78, 5) is 27.5. The Morgan fingerprint density at radius 1 is 1.25 bits per heavy atom. The van der Waals surface area contributed by atoms with Crippen LogP contribution >= 0.6 is 0 Å². The average molecular weight is 522 g/mol. The summed E-state index contributed by atoms with van der Waals surface area (Å²) in [6.07, 6.45) is 2.91. The lowest BCUT2D eigenvalue weighted by atomic mass is 9.88. The van der Waals surface area contributed by atoms with Gasteiger partial charge in [0.2, 0.25) is 21.8 Å². The minimum absolute atomic E-state index is 0.0214. The number of rotatable bonds is 8. The fourth-order valence-corrected chi connectivity index (χ4v) is 5.62. The smallest absolute Gasteiger partial charge is 0.244 e. The van der Waals surface area contributed by atoms with Gasteiger partial charge in [-0.3, -0.25) is 24.2 Å². The maximum atomic E-state index is 13.0. The monoisotopic (exact) mass is 521 g/mol. The summed E-state index contributed by atoms with van der Waals surface area (Å²) in [5.74, 6) is -0.414. The van der Waals surface area contributed by atoms with Crippen molar-refractivity contribution in [1.82, 2.24) is 21.1 Å². The zero-order chi connectivity index (χ0) is 25.8. The average Bonchev–Trinajstić information content (AvgIpc) is 3.59. The molecule has 0 bridgehead atoms. The van der Waals surface area contributed by atoms with Crippen molar-refractivity contribution < 1.29 is 22.7 Å². The summed E-state index contributed by atoms with van der Waals surface area (Å²) < 4.78 is 31.6. The molecule has 1 aromatic carbocycles. The van der Waals surface area contributed by atoms with Gasteiger partial charge in [0, 0.05) is 58.4 Å². The van der Waals surface area contributed by atoms with Gasteiger partial charge < -0.3 is 20.3 Å². The second-order valence-electron chi connectivity index (χ2n) is 10.2. The number of fused-ring (bicyclic) bond motifs is 1. The normalized spacial score (nSPS) is 28.5. The molecule has 198 valence electrons. The molecule has 1 aliphatic carbocycles. The number of sulfonamides is 1. The molecule has 4 aliphatic rings. The Bertz CT molecular complexity index is 1140. The van der Waals surface area contributed by atoms with Gasteiger partial charge in [-0.25, -0.2) is 13.8 Å². The van der Waals surface area contributed by atoms with E-state index >= 15 is 0 Å². The minimum atomic E-state index is -3.54. The molecule has 2 amide bonds. The molecular weight excluding hydrogens is 486 g/mol. The predicted octanol–water partition coefficient (Wildman–Crippen LogP) is -0.538. The molecule has 36 heavy (non-hydrogen) atoms. The number of carbonyl (C=O) groups excluding carboxylic acids is 2. The number of hydrogen-bond donors (Lipinski definition) is 4. The Labute approximate surface area is 211 Å². The third-order valence-electron chi connectivity index (χ3n) is 7.58. The van der Waals surface area contributed by atoms with Crippen molar-refractivity contribution in [3.8, 4) is 0 Å². The maximum Gasteiger partial charge on any atom is 0.244 e. The fraction of sp³-hybridized carbons (Fsp3) is 0.652. The SMILES string of the molecule is COC1CN(c2ccc(NC3CC(NC(=O)C4CC4)NC4NN(C)C(=O)C34)c(N(C)S(C)(=O)=O)c2)C1. The molecule has 4 unspecified atom stereocenters. The maximum absolute atomic E-state index is 13.0. The highest BCUT2D eigenvalue weighted by Crippen LogP contribution is 2.37. The molecule has 12 nitrogen and oxygen atoms in total. The minimum Gasteiger partial charge on any atom is -0.380 e. The number of amides is 2.